The van der Waals surface area contributed by atoms with E-state index in [1.54, 1.807) is 0 Å². The van der Waals surface area contributed by atoms with E-state index in [1.165, 1.54) is 0 Å². The Kier molecular flexibility index (Phi) is 2.92. The lowest BCUT2D eigenvalue weighted by atomic mass is 10.5. The summed E-state index contributed by atoms with van der Waals surface area (Å²) in [6.07, 6.45) is 0. The van der Waals surface area contributed by atoms with Crippen LogP contribution in [0.1, 0.15) is 13.8 Å². The van der Waals surface area contributed by atoms with Crippen molar-refractivity contribution in [3.8, 4) is 0 Å². The van der Waals surface area contributed by atoms with Crippen LogP contribution in [0.3, 0.4) is 0 Å². The predicted octanol–water partition coefficient (Wildman–Crippen LogP) is 0.587. The van der Waals surface area contributed by atoms with E-state index in [9.17, 15) is 0 Å². The monoisotopic (exact) mass is 99.1 g/mol. The Labute approximate surface area is 43.1 Å². The van der Waals surface area contributed by atoms with Crippen molar-refractivity contribution in [2.45, 2.75) is 13.8 Å². The fraction of sp³-hybridized carbons (Fsp3) is 0.500. The van der Waals surface area contributed by atoms with Crippen LogP contribution >= 0.6 is 0 Å². The lowest BCUT2D eigenvalue weighted by Gasteiger charge is -1.85. The maximum absolute atomic E-state index is 3.68. The molecule has 0 aromatic heterocycles. The highest BCUT2D eigenvalue weighted by Crippen LogP contribution is 1.66. The highest BCUT2D eigenvalue weighted by molar-refractivity contribution is 5.78. The molecule has 0 aliphatic heterocycles. The minimum absolute atomic E-state index is 0.937. The van der Waals surface area contributed by atoms with Crippen LogP contribution in [0.2, 0.25) is 0 Å². The minimum Gasteiger partial charge on any atom is -0.199 e. The summed E-state index contributed by atoms with van der Waals surface area (Å²) in [7, 11) is 0. The molecule has 0 aromatic carbocycles. The summed E-state index contributed by atoms with van der Waals surface area (Å²) in [5.41, 5.74) is 3.29. The molecule has 0 fully saturated rings. The Bertz CT molecular complexity index is 80.9. The molecule has 0 aliphatic carbocycles. The number of rotatable bonds is 2. The van der Waals surface area contributed by atoms with Crippen molar-refractivity contribution in [3.05, 3.63) is 0 Å². The summed E-state index contributed by atoms with van der Waals surface area (Å²) in [6, 6.07) is 0. The average Bonchev–Trinajstić information content (AvgIpc) is 1.61. The van der Waals surface area contributed by atoms with Gasteiger partial charge in [-0.25, -0.2) is 0 Å². The van der Waals surface area contributed by atoms with Crippen LogP contribution in [0.5, 0.6) is 0 Å². The van der Waals surface area contributed by atoms with Crippen LogP contribution in [-0.4, -0.2) is 12.4 Å². The molecule has 0 aromatic rings. The minimum atomic E-state index is 0.937. The van der Waals surface area contributed by atoms with Crippen molar-refractivity contribution >= 4 is 12.4 Å². The highest BCUT2D eigenvalue weighted by Gasteiger charge is 1.69. The maximum atomic E-state index is 3.68. The zero-order chi connectivity index (χ0) is 5.70. The first-order valence-corrected chi connectivity index (χ1v) is 1.99. The Balaban J connectivity index is 3.25. The normalized spacial score (nSPS) is 7.14. The third-order valence-electron chi connectivity index (χ3n) is 0.344. The lowest BCUT2D eigenvalue weighted by Crippen LogP contribution is -1.95. The fourth-order valence-electron chi connectivity index (χ4n) is 0.135. The molecule has 3 nitrogen and oxygen atoms in total. The van der Waals surface area contributed by atoms with Gasteiger partial charge in [-0.1, -0.05) is 0 Å². The van der Waals surface area contributed by atoms with Gasteiger partial charge in [-0.2, -0.15) is 15.7 Å². The first kappa shape index (κ1) is 6.14. The summed E-state index contributed by atoms with van der Waals surface area (Å²) < 4.78 is 0. The van der Waals surface area contributed by atoms with Gasteiger partial charge in [0.05, 0.1) is 0 Å². The van der Waals surface area contributed by atoms with Gasteiger partial charge in [-0.15, -0.1) is 0 Å². The number of hydrogen-bond acceptors (Lipinski definition) is 3. The first-order chi connectivity index (χ1) is 3.27. The molecule has 0 bridgehead atoms. The van der Waals surface area contributed by atoms with Crippen LogP contribution in [0.15, 0.2) is 10.2 Å². The molecule has 40 valence electrons. The SMILES string of the molecule is C=NNN=C(C)C. The van der Waals surface area contributed by atoms with Crippen LogP contribution in [0, 0.1) is 0 Å². The third-order valence-corrected chi connectivity index (χ3v) is 0.344. The van der Waals surface area contributed by atoms with Crippen LogP contribution in [0.25, 0.3) is 0 Å². The Morgan fingerprint density at radius 2 is 2.14 bits per heavy atom. The zero-order valence-electron chi connectivity index (χ0n) is 4.60. The molecule has 0 unspecified atom stereocenters. The van der Waals surface area contributed by atoms with Gasteiger partial charge in [0, 0.05) is 12.4 Å². The predicted molar refractivity (Wildman–Crippen MR) is 31.5 cm³/mol. The van der Waals surface area contributed by atoms with Crippen molar-refractivity contribution in [2.24, 2.45) is 10.2 Å². The van der Waals surface area contributed by atoms with E-state index in [1.807, 2.05) is 13.8 Å². The average molecular weight is 99.1 g/mol. The topological polar surface area (TPSA) is 36.8 Å². The van der Waals surface area contributed by atoms with Gasteiger partial charge in [0.1, 0.15) is 0 Å². The molecule has 3 heteroatoms. The van der Waals surface area contributed by atoms with Gasteiger partial charge in [0.15, 0.2) is 0 Å². The molecule has 0 atom stereocenters. The molecule has 0 rings (SSSR count). The number of nitrogens with one attached hydrogen (secondary N) is 1. The Morgan fingerprint density at radius 3 is 2.29 bits per heavy atom. The van der Waals surface area contributed by atoms with E-state index in [4.69, 9.17) is 0 Å². The van der Waals surface area contributed by atoms with Crippen molar-refractivity contribution in [3.63, 3.8) is 0 Å². The molecule has 7 heavy (non-hydrogen) atoms. The summed E-state index contributed by atoms with van der Waals surface area (Å²) in [5, 5.41) is 6.97. The van der Waals surface area contributed by atoms with Gasteiger partial charge in [-0.05, 0) is 13.8 Å². The molecule has 1 N–H and O–H groups in total. The maximum Gasteiger partial charge on any atom is 0.0337 e. The molecule has 0 saturated heterocycles. The summed E-state index contributed by atoms with van der Waals surface area (Å²) in [5.74, 6) is 0. The largest absolute Gasteiger partial charge is 0.199 e. The second-order valence-electron chi connectivity index (χ2n) is 1.32. The van der Waals surface area contributed by atoms with Gasteiger partial charge in [0.2, 0.25) is 0 Å². The fourth-order valence-corrected chi connectivity index (χ4v) is 0.135. The van der Waals surface area contributed by atoms with E-state index in [-0.39, 0.29) is 0 Å². The quantitative estimate of drug-likeness (QED) is 0.399. The van der Waals surface area contributed by atoms with E-state index < -0.39 is 0 Å². The van der Waals surface area contributed by atoms with Crippen molar-refractivity contribution in [1.29, 1.82) is 0 Å². The van der Waals surface area contributed by atoms with Gasteiger partial charge in [0.25, 0.3) is 0 Å². The van der Waals surface area contributed by atoms with Gasteiger partial charge < -0.3 is 0 Å². The Morgan fingerprint density at radius 1 is 1.57 bits per heavy atom. The van der Waals surface area contributed by atoms with Crippen molar-refractivity contribution in [1.82, 2.24) is 5.53 Å². The Hall–Kier alpha value is -0.860. The highest BCUT2D eigenvalue weighted by atomic mass is 15.5. The molecule has 0 heterocycles. The summed E-state index contributed by atoms with van der Waals surface area (Å²) in [6.45, 7) is 6.91. The van der Waals surface area contributed by atoms with E-state index in [0.717, 1.165) is 5.71 Å². The number of hydrazone groups is 2. The van der Waals surface area contributed by atoms with Crippen molar-refractivity contribution in [2.75, 3.05) is 0 Å². The smallest absolute Gasteiger partial charge is 0.0337 e. The zero-order valence-corrected chi connectivity index (χ0v) is 4.60. The standard InChI is InChI=1S/C4H9N3/c1-4(2)6-7-5-3/h7H,3H2,1-2H3. The van der Waals surface area contributed by atoms with E-state index in [2.05, 4.69) is 22.5 Å². The lowest BCUT2D eigenvalue weighted by molar-refractivity contribution is 0.814. The second kappa shape index (κ2) is 3.33. The van der Waals surface area contributed by atoms with E-state index in [0.29, 0.717) is 0 Å². The van der Waals surface area contributed by atoms with Crippen LogP contribution < -0.4 is 5.53 Å². The molecular weight excluding hydrogens is 90.1 g/mol. The molecule has 0 spiro atoms. The summed E-state index contributed by atoms with van der Waals surface area (Å²) >= 11 is 0. The molecule has 0 amide bonds. The molecular formula is C4H9N3. The summed E-state index contributed by atoms with van der Waals surface area (Å²) in [4.78, 5) is 0. The number of hydrogen-bond donors (Lipinski definition) is 1. The third kappa shape index (κ3) is 5.14. The second-order valence-corrected chi connectivity index (χ2v) is 1.32. The van der Waals surface area contributed by atoms with Gasteiger partial charge in [-0.3, -0.25) is 0 Å². The van der Waals surface area contributed by atoms with Gasteiger partial charge >= 0.3 is 0 Å². The molecule has 0 saturated carbocycles. The van der Waals surface area contributed by atoms with Crippen LogP contribution in [0.4, 0.5) is 0 Å². The molecule has 0 aliphatic rings. The van der Waals surface area contributed by atoms with Crippen LogP contribution in [-0.2, 0) is 0 Å². The molecule has 0 radical (unpaired) electrons. The number of nitrogens with zero attached hydrogens (tertiary/aromatic N) is 2. The van der Waals surface area contributed by atoms with E-state index >= 15 is 0 Å². The van der Waals surface area contributed by atoms with Crippen molar-refractivity contribution < 1.29 is 0 Å². The first-order valence-electron chi connectivity index (χ1n) is 1.99.